The van der Waals surface area contributed by atoms with E-state index in [1.54, 1.807) is 0 Å². The number of amides is 1. The van der Waals surface area contributed by atoms with E-state index in [1.807, 2.05) is 32.0 Å². The summed E-state index contributed by atoms with van der Waals surface area (Å²) in [6, 6.07) is 9.51. The van der Waals surface area contributed by atoms with Gasteiger partial charge >= 0.3 is 0 Å². The Kier molecular flexibility index (Phi) is 4.81. The zero-order chi connectivity index (χ0) is 15.4. The Bertz CT molecular complexity index is 653. The number of carbonyl (C=O) groups excluding carboxylic acids is 1. The van der Waals surface area contributed by atoms with Crippen molar-refractivity contribution in [2.75, 3.05) is 11.9 Å². The Morgan fingerprint density at radius 2 is 1.86 bits per heavy atom. The van der Waals surface area contributed by atoms with Crippen molar-refractivity contribution in [1.29, 1.82) is 0 Å². The molecule has 0 unspecified atom stereocenters. The monoisotopic (exact) mass is 307 g/mol. The lowest BCUT2D eigenvalue weighted by Gasteiger charge is -2.10. The normalized spacial score (nSPS) is 10.3. The fourth-order valence-corrected chi connectivity index (χ4v) is 2.20. The molecule has 0 saturated carbocycles. The minimum absolute atomic E-state index is 0.134. The van der Waals surface area contributed by atoms with Gasteiger partial charge in [0.05, 0.1) is 5.02 Å². The first-order chi connectivity index (χ1) is 9.94. The van der Waals surface area contributed by atoms with Crippen LogP contribution in [0.15, 0.2) is 36.4 Å². The van der Waals surface area contributed by atoms with Crippen LogP contribution in [0.2, 0.25) is 5.02 Å². The summed E-state index contributed by atoms with van der Waals surface area (Å²) in [5.74, 6) is -0.485. The molecule has 21 heavy (non-hydrogen) atoms. The number of halogens is 2. The van der Waals surface area contributed by atoms with Gasteiger partial charge in [0.2, 0.25) is 0 Å². The fraction of sp³-hybridized carbons (Fsp3) is 0.188. The molecular formula is C16H15ClFNO2. The topological polar surface area (TPSA) is 38.3 Å². The van der Waals surface area contributed by atoms with Crippen LogP contribution in [0.4, 0.5) is 10.1 Å². The first kappa shape index (κ1) is 15.3. The summed E-state index contributed by atoms with van der Waals surface area (Å²) in [4.78, 5) is 11.8. The van der Waals surface area contributed by atoms with Gasteiger partial charge in [0.15, 0.2) is 6.61 Å². The maximum Gasteiger partial charge on any atom is 0.262 e. The highest BCUT2D eigenvalue weighted by atomic mass is 35.5. The third kappa shape index (κ3) is 4.46. The van der Waals surface area contributed by atoms with Crippen LogP contribution < -0.4 is 10.1 Å². The zero-order valence-corrected chi connectivity index (χ0v) is 12.5. The molecule has 2 aromatic rings. The number of rotatable bonds is 4. The minimum atomic E-state index is -0.452. The van der Waals surface area contributed by atoms with Gasteiger partial charge in [0.25, 0.3) is 5.91 Å². The molecule has 1 amide bonds. The number of hydrogen-bond acceptors (Lipinski definition) is 2. The van der Waals surface area contributed by atoms with Crippen LogP contribution in [0.5, 0.6) is 5.75 Å². The summed E-state index contributed by atoms with van der Waals surface area (Å²) in [5.41, 5.74) is 2.84. The molecule has 0 heterocycles. The largest absolute Gasteiger partial charge is 0.482 e. The van der Waals surface area contributed by atoms with E-state index in [0.29, 0.717) is 5.69 Å². The van der Waals surface area contributed by atoms with Gasteiger partial charge in [-0.2, -0.15) is 0 Å². The molecule has 2 rings (SSSR count). The molecule has 1 N–H and O–H groups in total. The smallest absolute Gasteiger partial charge is 0.262 e. The number of nitrogens with one attached hydrogen (secondary N) is 1. The van der Waals surface area contributed by atoms with Gasteiger partial charge in [-0.25, -0.2) is 4.39 Å². The molecule has 5 heteroatoms. The Morgan fingerprint density at radius 3 is 2.48 bits per heavy atom. The molecule has 3 nitrogen and oxygen atoms in total. The van der Waals surface area contributed by atoms with E-state index in [2.05, 4.69) is 5.32 Å². The van der Waals surface area contributed by atoms with Crippen LogP contribution >= 0.6 is 11.6 Å². The second kappa shape index (κ2) is 6.59. The van der Waals surface area contributed by atoms with Gasteiger partial charge in [0, 0.05) is 5.69 Å². The lowest BCUT2D eigenvalue weighted by molar-refractivity contribution is -0.118. The van der Waals surface area contributed by atoms with Crippen molar-refractivity contribution >= 4 is 23.2 Å². The SMILES string of the molecule is Cc1cc(C)cc(NC(=O)COc2ccc(F)cc2Cl)c1. The van der Waals surface area contributed by atoms with Gasteiger partial charge in [-0.1, -0.05) is 17.7 Å². The molecule has 0 atom stereocenters. The second-order valence-corrected chi connectivity index (χ2v) is 5.20. The van der Waals surface area contributed by atoms with Gasteiger partial charge < -0.3 is 10.1 Å². The van der Waals surface area contributed by atoms with E-state index in [0.717, 1.165) is 17.2 Å². The number of aryl methyl sites for hydroxylation is 2. The predicted octanol–water partition coefficient (Wildman–Crippen LogP) is 4.11. The van der Waals surface area contributed by atoms with E-state index in [1.165, 1.54) is 12.1 Å². The maximum absolute atomic E-state index is 12.9. The molecule has 2 aromatic carbocycles. The molecule has 0 aromatic heterocycles. The van der Waals surface area contributed by atoms with Crippen LogP contribution in [0.3, 0.4) is 0 Å². The minimum Gasteiger partial charge on any atom is -0.482 e. The summed E-state index contributed by atoms with van der Waals surface area (Å²) in [7, 11) is 0. The molecule has 0 spiro atoms. The van der Waals surface area contributed by atoms with E-state index in [4.69, 9.17) is 16.3 Å². The number of anilines is 1. The molecule has 110 valence electrons. The van der Waals surface area contributed by atoms with Gasteiger partial charge in [0.1, 0.15) is 11.6 Å². The number of ether oxygens (including phenoxy) is 1. The van der Waals surface area contributed by atoms with Crippen LogP contribution in [0.25, 0.3) is 0 Å². The van der Waals surface area contributed by atoms with Gasteiger partial charge in [-0.05, 0) is 55.3 Å². The van der Waals surface area contributed by atoms with Crippen molar-refractivity contribution in [3.8, 4) is 5.75 Å². The number of benzene rings is 2. The van der Waals surface area contributed by atoms with Crippen molar-refractivity contribution in [3.63, 3.8) is 0 Å². The highest BCUT2D eigenvalue weighted by molar-refractivity contribution is 6.32. The van der Waals surface area contributed by atoms with Gasteiger partial charge in [-0.3, -0.25) is 4.79 Å². The highest BCUT2D eigenvalue weighted by Crippen LogP contribution is 2.24. The number of hydrogen-bond donors (Lipinski definition) is 1. The Hall–Kier alpha value is -2.07. The molecule has 0 aliphatic rings. The lowest BCUT2D eigenvalue weighted by atomic mass is 10.1. The van der Waals surface area contributed by atoms with Crippen LogP contribution in [0.1, 0.15) is 11.1 Å². The van der Waals surface area contributed by atoms with Crippen molar-refractivity contribution in [1.82, 2.24) is 0 Å². The van der Waals surface area contributed by atoms with Crippen molar-refractivity contribution in [2.24, 2.45) is 0 Å². The predicted molar refractivity (Wildman–Crippen MR) is 81.5 cm³/mol. The second-order valence-electron chi connectivity index (χ2n) is 4.79. The highest BCUT2D eigenvalue weighted by Gasteiger charge is 2.07. The first-order valence-corrected chi connectivity index (χ1v) is 6.78. The summed E-state index contributed by atoms with van der Waals surface area (Å²) >= 11 is 5.82. The average Bonchev–Trinajstić information content (AvgIpc) is 2.36. The van der Waals surface area contributed by atoms with Crippen molar-refractivity contribution in [2.45, 2.75) is 13.8 Å². The average molecular weight is 308 g/mol. The molecule has 0 bridgehead atoms. The molecule has 0 saturated heterocycles. The van der Waals surface area contributed by atoms with Crippen molar-refractivity contribution < 1.29 is 13.9 Å². The van der Waals surface area contributed by atoms with E-state index < -0.39 is 5.82 Å². The van der Waals surface area contributed by atoms with Crippen LogP contribution in [-0.2, 0) is 4.79 Å². The van der Waals surface area contributed by atoms with Crippen molar-refractivity contribution in [3.05, 3.63) is 58.4 Å². The first-order valence-electron chi connectivity index (χ1n) is 6.40. The van der Waals surface area contributed by atoms with E-state index >= 15 is 0 Å². The Labute approximate surface area is 127 Å². The molecule has 0 fully saturated rings. The quantitative estimate of drug-likeness (QED) is 0.923. The summed E-state index contributed by atoms with van der Waals surface area (Å²) < 4.78 is 18.2. The van der Waals surface area contributed by atoms with E-state index in [9.17, 15) is 9.18 Å². The summed E-state index contributed by atoms with van der Waals surface area (Å²) in [5, 5.41) is 2.88. The Balaban J connectivity index is 1.95. The third-order valence-electron chi connectivity index (χ3n) is 2.76. The Morgan fingerprint density at radius 1 is 1.19 bits per heavy atom. The molecule has 0 aliphatic heterocycles. The molecular weight excluding hydrogens is 293 g/mol. The summed E-state index contributed by atoms with van der Waals surface area (Å²) in [6.07, 6.45) is 0. The van der Waals surface area contributed by atoms with Crippen LogP contribution in [-0.4, -0.2) is 12.5 Å². The zero-order valence-electron chi connectivity index (χ0n) is 11.7. The molecule has 0 aliphatic carbocycles. The van der Waals surface area contributed by atoms with E-state index in [-0.39, 0.29) is 23.3 Å². The standard InChI is InChI=1S/C16H15ClFNO2/c1-10-5-11(2)7-13(6-10)19-16(20)9-21-15-4-3-12(18)8-14(15)17/h3-8H,9H2,1-2H3,(H,19,20). The molecule has 0 radical (unpaired) electrons. The number of carbonyl (C=O) groups is 1. The van der Waals surface area contributed by atoms with Crippen LogP contribution in [0, 0.1) is 19.7 Å². The van der Waals surface area contributed by atoms with Gasteiger partial charge in [-0.15, -0.1) is 0 Å². The lowest BCUT2D eigenvalue weighted by Crippen LogP contribution is -2.20. The summed E-state index contributed by atoms with van der Waals surface area (Å²) in [6.45, 7) is 3.72. The fourth-order valence-electron chi connectivity index (χ4n) is 1.98. The maximum atomic E-state index is 12.9. The third-order valence-corrected chi connectivity index (χ3v) is 3.05.